The van der Waals surface area contributed by atoms with Gasteiger partial charge in [-0.25, -0.2) is 4.79 Å². The van der Waals surface area contributed by atoms with Gasteiger partial charge in [0.2, 0.25) is 0 Å². The first-order chi connectivity index (χ1) is 6.79. The SMILES string of the molecule is C=O.CCCCCS(=O)(=O)O.NC(N)=O. The van der Waals surface area contributed by atoms with Crippen molar-refractivity contribution in [2.45, 2.75) is 26.2 Å². The number of urea groups is 1. The molecule has 0 rings (SSSR count). The monoisotopic (exact) mass is 242 g/mol. The second kappa shape index (κ2) is 12.8. The molecule has 5 N–H and O–H groups in total. The maximum atomic E-state index is 10.1. The van der Waals surface area contributed by atoms with Gasteiger partial charge in [-0.15, -0.1) is 0 Å². The molecule has 0 spiro atoms. The summed E-state index contributed by atoms with van der Waals surface area (Å²) in [4.78, 5) is 17.0. The van der Waals surface area contributed by atoms with Crippen LogP contribution in [0.15, 0.2) is 0 Å². The molecule has 15 heavy (non-hydrogen) atoms. The number of primary amides is 2. The zero-order valence-corrected chi connectivity index (χ0v) is 9.50. The minimum Gasteiger partial charge on any atom is -0.352 e. The molecule has 0 heterocycles. The van der Waals surface area contributed by atoms with Crippen LogP contribution in [0, 0.1) is 0 Å². The van der Waals surface area contributed by atoms with Gasteiger partial charge in [0.05, 0.1) is 5.75 Å². The van der Waals surface area contributed by atoms with Crippen molar-refractivity contribution in [3.63, 3.8) is 0 Å². The summed E-state index contributed by atoms with van der Waals surface area (Å²) in [6.07, 6.45) is 2.39. The summed E-state index contributed by atoms with van der Waals surface area (Å²) in [6, 6.07) is -0.833. The summed E-state index contributed by atoms with van der Waals surface area (Å²) in [5, 5.41) is 0. The van der Waals surface area contributed by atoms with Crippen molar-refractivity contribution in [1.82, 2.24) is 0 Å². The third kappa shape index (κ3) is 64.3. The molecule has 0 atom stereocenters. The maximum Gasteiger partial charge on any atom is 0.309 e. The maximum absolute atomic E-state index is 10.1. The number of hydrogen-bond donors (Lipinski definition) is 3. The molecule has 0 fully saturated rings. The zero-order valence-electron chi connectivity index (χ0n) is 8.68. The van der Waals surface area contributed by atoms with Crippen molar-refractivity contribution in [3.8, 4) is 0 Å². The Labute approximate surface area is 89.6 Å². The minimum atomic E-state index is -3.70. The van der Waals surface area contributed by atoms with Crippen LogP contribution < -0.4 is 11.5 Å². The molecule has 0 aliphatic rings. The van der Waals surface area contributed by atoms with Crippen molar-refractivity contribution in [2.75, 3.05) is 5.75 Å². The Hall–Kier alpha value is -1.15. The number of carbonyl (C=O) groups is 2. The van der Waals surface area contributed by atoms with Gasteiger partial charge in [0.1, 0.15) is 6.79 Å². The molecular formula is C7H18N2O5S. The van der Waals surface area contributed by atoms with Crippen molar-refractivity contribution >= 4 is 22.9 Å². The number of rotatable bonds is 4. The summed E-state index contributed by atoms with van der Waals surface area (Å²) in [7, 11) is -3.70. The first-order valence-corrected chi connectivity index (χ1v) is 5.69. The van der Waals surface area contributed by atoms with Gasteiger partial charge in [-0.2, -0.15) is 8.42 Å². The van der Waals surface area contributed by atoms with Gasteiger partial charge < -0.3 is 16.3 Å². The lowest BCUT2D eigenvalue weighted by atomic mass is 10.3. The van der Waals surface area contributed by atoms with Gasteiger partial charge in [-0.05, 0) is 6.42 Å². The van der Waals surface area contributed by atoms with Crippen LogP contribution in [0.4, 0.5) is 4.79 Å². The highest BCUT2D eigenvalue weighted by Gasteiger charge is 2.01. The fraction of sp³-hybridized carbons (Fsp3) is 0.714. The first kappa shape index (κ1) is 19.4. The van der Waals surface area contributed by atoms with Crippen molar-refractivity contribution in [2.24, 2.45) is 11.5 Å². The fourth-order valence-corrected chi connectivity index (χ4v) is 1.10. The van der Waals surface area contributed by atoms with Crippen LogP contribution in [-0.4, -0.2) is 31.5 Å². The molecule has 0 saturated heterocycles. The number of nitrogens with two attached hydrogens (primary N) is 2. The Bertz CT molecular complexity index is 236. The molecule has 7 nitrogen and oxygen atoms in total. The van der Waals surface area contributed by atoms with Crippen molar-refractivity contribution in [3.05, 3.63) is 0 Å². The van der Waals surface area contributed by atoms with E-state index in [1.807, 2.05) is 13.7 Å². The Morgan fingerprint density at radius 3 is 1.80 bits per heavy atom. The molecular weight excluding hydrogens is 224 g/mol. The number of amides is 2. The Kier molecular flexibility index (Phi) is 16.6. The highest BCUT2D eigenvalue weighted by Crippen LogP contribution is 1.96. The third-order valence-electron chi connectivity index (χ3n) is 1.01. The Morgan fingerprint density at radius 2 is 1.60 bits per heavy atom. The molecule has 92 valence electrons. The molecule has 8 heteroatoms. The van der Waals surface area contributed by atoms with Crippen molar-refractivity contribution < 1.29 is 22.6 Å². The average Bonchev–Trinajstić information content (AvgIpc) is 2.05. The lowest BCUT2D eigenvalue weighted by Crippen LogP contribution is -2.18. The van der Waals surface area contributed by atoms with Crippen LogP contribution in [0.2, 0.25) is 0 Å². The fourth-order valence-electron chi connectivity index (χ4n) is 0.534. The van der Waals surface area contributed by atoms with E-state index in [1.54, 1.807) is 0 Å². The number of unbranched alkanes of at least 4 members (excludes halogenated alkanes) is 2. The van der Waals surface area contributed by atoms with Gasteiger partial charge in [-0.1, -0.05) is 19.8 Å². The molecule has 0 aromatic heterocycles. The molecule has 0 aliphatic heterocycles. The van der Waals surface area contributed by atoms with E-state index in [9.17, 15) is 8.42 Å². The summed E-state index contributed by atoms with van der Waals surface area (Å²) < 4.78 is 28.3. The first-order valence-electron chi connectivity index (χ1n) is 4.08. The topological polar surface area (TPSA) is 141 Å². The second-order valence-corrected chi connectivity index (χ2v) is 3.97. The van der Waals surface area contributed by atoms with Gasteiger partial charge in [0, 0.05) is 0 Å². The lowest BCUT2D eigenvalue weighted by Gasteiger charge is -1.92. The smallest absolute Gasteiger partial charge is 0.309 e. The van der Waals surface area contributed by atoms with E-state index in [0.717, 1.165) is 12.8 Å². The standard InChI is InChI=1S/C5H12O3S.CH4N2O.CH2O/c1-2-3-4-5-9(6,7)8;2-1(3)4;1-2/h2-5H2,1H3,(H,6,7,8);(H4,2,3,4);1H2. The summed E-state index contributed by atoms with van der Waals surface area (Å²) in [6.45, 7) is 3.98. The number of hydrogen-bond acceptors (Lipinski definition) is 4. The molecule has 0 unspecified atom stereocenters. The van der Waals surface area contributed by atoms with E-state index in [4.69, 9.17) is 14.1 Å². The third-order valence-corrected chi connectivity index (χ3v) is 1.81. The van der Waals surface area contributed by atoms with Gasteiger partial charge in [-0.3, -0.25) is 4.55 Å². The van der Waals surface area contributed by atoms with Gasteiger partial charge in [0.25, 0.3) is 10.1 Å². The summed E-state index contributed by atoms with van der Waals surface area (Å²) in [5.41, 5.74) is 8.50. The van der Waals surface area contributed by atoms with E-state index in [1.165, 1.54) is 0 Å². The zero-order chi connectivity index (χ0) is 12.9. The quantitative estimate of drug-likeness (QED) is 0.466. The van der Waals surface area contributed by atoms with E-state index in [-0.39, 0.29) is 5.75 Å². The van der Waals surface area contributed by atoms with Crippen LogP contribution in [0.1, 0.15) is 26.2 Å². The number of carbonyl (C=O) groups excluding carboxylic acids is 2. The van der Waals surface area contributed by atoms with Crippen LogP contribution in [0.25, 0.3) is 0 Å². The van der Waals surface area contributed by atoms with Crippen LogP contribution in [-0.2, 0) is 14.9 Å². The molecule has 0 aromatic carbocycles. The van der Waals surface area contributed by atoms with E-state index in [0.29, 0.717) is 6.42 Å². The molecule has 2 amide bonds. The Balaban J connectivity index is -0.000000202. The summed E-state index contributed by atoms with van der Waals surface area (Å²) in [5.74, 6) is -0.0964. The van der Waals surface area contributed by atoms with Crippen LogP contribution >= 0.6 is 0 Å². The van der Waals surface area contributed by atoms with Gasteiger partial charge >= 0.3 is 6.03 Å². The predicted molar refractivity (Wildman–Crippen MR) is 56.8 cm³/mol. The normalized spacial score (nSPS) is 8.93. The van der Waals surface area contributed by atoms with Crippen molar-refractivity contribution in [1.29, 1.82) is 0 Å². The van der Waals surface area contributed by atoms with Crippen LogP contribution in [0.5, 0.6) is 0 Å². The largest absolute Gasteiger partial charge is 0.352 e. The molecule has 0 bridgehead atoms. The second-order valence-electron chi connectivity index (χ2n) is 2.40. The van der Waals surface area contributed by atoms with Gasteiger partial charge in [0.15, 0.2) is 0 Å². The lowest BCUT2D eigenvalue weighted by molar-refractivity contribution is -0.0980. The van der Waals surface area contributed by atoms with E-state index >= 15 is 0 Å². The summed E-state index contributed by atoms with van der Waals surface area (Å²) >= 11 is 0. The highest BCUT2D eigenvalue weighted by atomic mass is 32.2. The van der Waals surface area contributed by atoms with Crippen LogP contribution in [0.3, 0.4) is 0 Å². The molecule has 0 aliphatic carbocycles. The highest BCUT2D eigenvalue weighted by molar-refractivity contribution is 7.85. The molecule has 0 radical (unpaired) electrons. The average molecular weight is 242 g/mol. The molecule has 0 aromatic rings. The predicted octanol–water partition coefficient (Wildman–Crippen LogP) is -0.0967. The van der Waals surface area contributed by atoms with E-state index in [2.05, 4.69) is 11.5 Å². The van der Waals surface area contributed by atoms with E-state index < -0.39 is 16.1 Å². The molecule has 0 saturated carbocycles. The minimum absolute atomic E-state index is 0.0964. The Morgan fingerprint density at radius 1 is 1.27 bits per heavy atom.